The molecule has 0 radical (unpaired) electrons. The van der Waals surface area contributed by atoms with E-state index < -0.39 is 21.8 Å². The zero-order valence-electron chi connectivity index (χ0n) is 18.3. The Morgan fingerprint density at radius 2 is 1.66 bits per heavy atom. The van der Waals surface area contributed by atoms with E-state index in [0.717, 1.165) is 31.2 Å². The van der Waals surface area contributed by atoms with Crippen LogP contribution >= 0.6 is 0 Å². The highest BCUT2D eigenvalue weighted by Crippen LogP contribution is 2.24. The maximum Gasteiger partial charge on any atom is 0.269 e. The average molecular weight is 460 g/mol. The fourth-order valence-electron chi connectivity index (χ4n) is 3.48. The molecule has 3 rings (SSSR count). The summed E-state index contributed by atoms with van der Waals surface area (Å²) in [6, 6.07) is 11.7. The normalized spacial score (nSPS) is 13.3. The number of hydrogen-bond acceptors (Lipinski definition) is 5. The van der Waals surface area contributed by atoms with Gasteiger partial charge in [-0.05, 0) is 87.1 Å². The van der Waals surface area contributed by atoms with Gasteiger partial charge in [0.2, 0.25) is 15.9 Å². The molecule has 3 N–H and O–H groups in total. The van der Waals surface area contributed by atoms with Crippen LogP contribution in [-0.2, 0) is 27.7 Å². The van der Waals surface area contributed by atoms with Gasteiger partial charge in [-0.3, -0.25) is 20.4 Å². The minimum Gasteiger partial charge on any atom is -0.491 e. The largest absolute Gasteiger partial charge is 0.491 e. The number of hydrogen-bond donors (Lipinski definition) is 3. The molecule has 0 saturated carbocycles. The number of fused-ring (bicyclic) bond motifs is 1. The Balaban J connectivity index is 1.44. The van der Waals surface area contributed by atoms with Crippen molar-refractivity contribution in [1.29, 1.82) is 0 Å². The van der Waals surface area contributed by atoms with Crippen LogP contribution in [0.15, 0.2) is 47.4 Å². The first-order valence-corrected chi connectivity index (χ1v) is 12.2. The van der Waals surface area contributed by atoms with E-state index in [1.54, 1.807) is 36.4 Å². The van der Waals surface area contributed by atoms with Gasteiger partial charge in [0, 0.05) is 18.5 Å². The molecule has 0 heterocycles. The molecule has 0 aliphatic heterocycles. The van der Waals surface area contributed by atoms with E-state index in [9.17, 15) is 18.0 Å². The number of rotatable bonds is 8. The molecule has 0 aromatic heterocycles. The van der Waals surface area contributed by atoms with Crippen molar-refractivity contribution in [2.75, 3.05) is 6.54 Å². The SMILES string of the molecule is CC(C)Oc1ccc(C(=O)NNC(=O)CCNS(=O)(=O)c2ccc3c(c2)CCCC3)cc1. The first kappa shape index (κ1) is 23.7. The highest BCUT2D eigenvalue weighted by molar-refractivity contribution is 7.89. The Morgan fingerprint density at radius 3 is 2.34 bits per heavy atom. The monoisotopic (exact) mass is 459 g/mol. The van der Waals surface area contributed by atoms with Crippen LogP contribution in [-0.4, -0.2) is 32.9 Å². The summed E-state index contributed by atoms with van der Waals surface area (Å²) in [6.07, 6.45) is 3.95. The third-order valence-corrected chi connectivity index (χ3v) is 6.54. The molecule has 8 nitrogen and oxygen atoms in total. The summed E-state index contributed by atoms with van der Waals surface area (Å²) in [5, 5.41) is 0. The van der Waals surface area contributed by atoms with Gasteiger partial charge in [0.25, 0.3) is 5.91 Å². The van der Waals surface area contributed by atoms with Crippen LogP contribution < -0.4 is 20.3 Å². The van der Waals surface area contributed by atoms with Crippen molar-refractivity contribution in [1.82, 2.24) is 15.6 Å². The number of sulfonamides is 1. The van der Waals surface area contributed by atoms with Crippen LogP contribution in [0.3, 0.4) is 0 Å². The minimum absolute atomic E-state index is 0.0265. The number of ether oxygens (including phenoxy) is 1. The fraction of sp³-hybridized carbons (Fsp3) is 0.391. The lowest BCUT2D eigenvalue weighted by Crippen LogP contribution is -2.42. The van der Waals surface area contributed by atoms with E-state index in [2.05, 4.69) is 15.6 Å². The molecule has 2 aromatic carbocycles. The van der Waals surface area contributed by atoms with Gasteiger partial charge in [0.1, 0.15) is 5.75 Å². The number of carbonyl (C=O) groups excluding carboxylic acids is 2. The first-order chi connectivity index (χ1) is 15.2. The smallest absolute Gasteiger partial charge is 0.269 e. The second-order valence-corrected chi connectivity index (χ2v) is 9.75. The Bertz CT molecular complexity index is 1070. The molecule has 9 heteroatoms. The second-order valence-electron chi connectivity index (χ2n) is 7.98. The molecule has 172 valence electrons. The summed E-state index contributed by atoms with van der Waals surface area (Å²) in [4.78, 5) is 24.3. The molecule has 0 bridgehead atoms. The highest BCUT2D eigenvalue weighted by atomic mass is 32.2. The molecule has 32 heavy (non-hydrogen) atoms. The van der Waals surface area contributed by atoms with E-state index in [-0.39, 0.29) is 24.0 Å². The molecular weight excluding hydrogens is 430 g/mol. The minimum atomic E-state index is -3.71. The van der Waals surface area contributed by atoms with Crippen LogP contribution in [0.25, 0.3) is 0 Å². The summed E-state index contributed by atoms with van der Waals surface area (Å²) in [7, 11) is -3.71. The van der Waals surface area contributed by atoms with Crippen molar-refractivity contribution in [2.24, 2.45) is 0 Å². The number of benzene rings is 2. The second kappa shape index (κ2) is 10.6. The van der Waals surface area contributed by atoms with Crippen LogP contribution in [0, 0.1) is 0 Å². The predicted octanol–water partition coefficient (Wildman–Crippen LogP) is 2.48. The number of aryl methyl sites for hydroxylation is 2. The van der Waals surface area contributed by atoms with E-state index in [1.165, 1.54) is 5.56 Å². The maximum atomic E-state index is 12.5. The van der Waals surface area contributed by atoms with Gasteiger partial charge in [0.05, 0.1) is 11.0 Å². The molecule has 0 spiro atoms. The Labute approximate surface area is 188 Å². The quantitative estimate of drug-likeness (QED) is 0.525. The zero-order chi connectivity index (χ0) is 23.1. The van der Waals surface area contributed by atoms with Gasteiger partial charge < -0.3 is 4.74 Å². The number of hydrazine groups is 1. The van der Waals surface area contributed by atoms with Gasteiger partial charge >= 0.3 is 0 Å². The van der Waals surface area contributed by atoms with E-state index in [1.807, 2.05) is 19.9 Å². The van der Waals surface area contributed by atoms with Gasteiger partial charge in [-0.1, -0.05) is 6.07 Å². The number of carbonyl (C=O) groups is 2. The average Bonchev–Trinajstić information content (AvgIpc) is 2.77. The molecule has 0 saturated heterocycles. The molecule has 1 aliphatic carbocycles. The molecule has 2 amide bonds. The maximum absolute atomic E-state index is 12.5. The Hall–Kier alpha value is -2.91. The van der Waals surface area contributed by atoms with Crippen molar-refractivity contribution < 1.29 is 22.7 Å². The van der Waals surface area contributed by atoms with Gasteiger partial charge in [-0.2, -0.15) is 0 Å². The van der Waals surface area contributed by atoms with E-state index >= 15 is 0 Å². The molecule has 0 fully saturated rings. The summed E-state index contributed by atoms with van der Waals surface area (Å²) in [6.45, 7) is 3.73. The molecule has 0 unspecified atom stereocenters. The summed E-state index contributed by atoms with van der Waals surface area (Å²) in [5.41, 5.74) is 7.24. The Morgan fingerprint density at radius 1 is 0.969 bits per heavy atom. The molecule has 2 aromatic rings. The van der Waals surface area contributed by atoms with Crippen molar-refractivity contribution >= 4 is 21.8 Å². The standard InChI is InChI=1S/C23H29N3O5S/c1-16(2)31-20-10-7-18(8-11-20)23(28)26-25-22(27)13-14-24-32(29,30)21-12-9-17-5-3-4-6-19(17)15-21/h7-12,15-16,24H,3-6,13-14H2,1-2H3,(H,25,27)(H,26,28). The highest BCUT2D eigenvalue weighted by Gasteiger charge is 2.18. The van der Waals surface area contributed by atoms with E-state index in [4.69, 9.17) is 4.74 Å². The topological polar surface area (TPSA) is 114 Å². The van der Waals surface area contributed by atoms with Crippen LogP contribution in [0.1, 0.15) is 54.6 Å². The van der Waals surface area contributed by atoms with Crippen LogP contribution in [0.4, 0.5) is 0 Å². The van der Waals surface area contributed by atoms with Gasteiger partial charge in [-0.15, -0.1) is 0 Å². The fourth-order valence-corrected chi connectivity index (χ4v) is 4.56. The molecule has 0 atom stereocenters. The number of nitrogens with one attached hydrogen (secondary N) is 3. The molecular formula is C23H29N3O5S. The molecule has 1 aliphatic rings. The summed E-state index contributed by atoms with van der Waals surface area (Å²) >= 11 is 0. The van der Waals surface area contributed by atoms with Crippen molar-refractivity contribution in [3.63, 3.8) is 0 Å². The predicted molar refractivity (Wildman–Crippen MR) is 121 cm³/mol. The van der Waals surface area contributed by atoms with Crippen molar-refractivity contribution in [2.45, 2.75) is 57.0 Å². The van der Waals surface area contributed by atoms with Crippen LogP contribution in [0.2, 0.25) is 0 Å². The van der Waals surface area contributed by atoms with Crippen molar-refractivity contribution in [3.05, 3.63) is 59.2 Å². The van der Waals surface area contributed by atoms with Gasteiger partial charge in [-0.25, -0.2) is 13.1 Å². The van der Waals surface area contributed by atoms with Gasteiger partial charge in [0.15, 0.2) is 0 Å². The third kappa shape index (κ3) is 6.54. The zero-order valence-corrected chi connectivity index (χ0v) is 19.1. The third-order valence-electron chi connectivity index (χ3n) is 5.08. The Kier molecular flexibility index (Phi) is 7.87. The summed E-state index contributed by atoms with van der Waals surface area (Å²) in [5.74, 6) is -0.345. The van der Waals surface area contributed by atoms with Crippen molar-refractivity contribution in [3.8, 4) is 5.75 Å². The summed E-state index contributed by atoms with van der Waals surface area (Å²) < 4.78 is 33.0. The first-order valence-electron chi connectivity index (χ1n) is 10.7. The lowest BCUT2D eigenvalue weighted by atomic mass is 9.92. The van der Waals surface area contributed by atoms with Crippen LogP contribution in [0.5, 0.6) is 5.75 Å². The lowest BCUT2D eigenvalue weighted by Gasteiger charge is -2.16. The van der Waals surface area contributed by atoms with E-state index in [0.29, 0.717) is 11.3 Å². The number of amides is 2. The lowest BCUT2D eigenvalue weighted by molar-refractivity contribution is -0.121.